The van der Waals surface area contributed by atoms with E-state index in [0.29, 0.717) is 5.76 Å². The average molecular weight is 344 g/mol. The van der Waals surface area contributed by atoms with Crippen LogP contribution in [0.3, 0.4) is 0 Å². The molecule has 102 valence electrons. The second-order valence-corrected chi connectivity index (χ2v) is 6.55. The minimum atomic E-state index is -3.49. The maximum atomic E-state index is 12.0. The van der Waals surface area contributed by atoms with Gasteiger partial charge in [0.25, 0.3) is 0 Å². The van der Waals surface area contributed by atoms with Gasteiger partial charge in [0.2, 0.25) is 10.0 Å². The summed E-state index contributed by atoms with van der Waals surface area (Å²) in [5, 5.41) is 0.857. The van der Waals surface area contributed by atoms with Crippen molar-refractivity contribution in [3.63, 3.8) is 0 Å². The lowest BCUT2D eigenvalue weighted by atomic mass is 10.2. The number of furan rings is 1. The maximum absolute atomic E-state index is 12.0. The average Bonchev–Trinajstić information content (AvgIpc) is 2.91. The van der Waals surface area contributed by atoms with Crippen LogP contribution in [0.4, 0.5) is 0 Å². The largest absolute Gasteiger partial charge is 0.468 e. The minimum Gasteiger partial charge on any atom is -0.468 e. The Morgan fingerprint density at radius 1 is 1.16 bits per heavy atom. The topological polar surface area (TPSA) is 59.3 Å². The third-order valence-electron chi connectivity index (χ3n) is 2.63. The Bertz CT molecular complexity index is 606. The van der Waals surface area contributed by atoms with Gasteiger partial charge < -0.3 is 4.42 Å². The molecule has 1 heterocycles. The third kappa shape index (κ3) is 3.92. The number of alkyl halides is 1. The molecule has 4 nitrogen and oxygen atoms in total. The summed E-state index contributed by atoms with van der Waals surface area (Å²) >= 11 is 3.35. The summed E-state index contributed by atoms with van der Waals surface area (Å²) in [7, 11) is -3.49. The molecular formula is C13H14BrNO3S. The number of benzene rings is 1. The first-order chi connectivity index (χ1) is 9.12. The molecule has 1 aromatic heterocycles. The van der Waals surface area contributed by atoms with Gasteiger partial charge in [-0.3, -0.25) is 0 Å². The summed E-state index contributed by atoms with van der Waals surface area (Å²) < 4.78 is 31.7. The lowest BCUT2D eigenvalue weighted by Crippen LogP contribution is -2.22. The van der Waals surface area contributed by atoms with Crippen molar-refractivity contribution in [1.82, 2.24) is 4.72 Å². The molecule has 0 spiro atoms. The molecule has 19 heavy (non-hydrogen) atoms. The third-order valence-corrected chi connectivity index (χ3v) is 4.45. The summed E-state index contributed by atoms with van der Waals surface area (Å²) in [6, 6.07) is 10.3. The predicted octanol–water partition coefficient (Wildman–Crippen LogP) is 2.70. The fraction of sp³-hybridized carbons (Fsp3) is 0.231. The number of nitrogens with one attached hydrogen (secondary N) is 1. The first kappa shape index (κ1) is 14.3. The van der Waals surface area contributed by atoms with Crippen molar-refractivity contribution in [1.29, 1.82) is 0 Å². The number of hydrogen-bond acceptors (Lipinski definition) is 3. The van der Waals surface area contributed by atoms with Crippen LogP contribution in [0.2, 0.25) is 0 Å². The SMILES string of the molecule is O=S(=O)(NCc1ccco1)c1ccc(CCBr)cc1. The fourth-order valence-corrected chi connectivity index (χ4v) is 3.06. The van der Waals surface area contributed by atoms with Gasteiger partial charge in [0.1, 0.15) is 5.76 Å². The maximum Gasteiger partial charge on any atom is 0.240 e. The van der Waals surface area contributed by atoms with E-state index >= 15 is 0 Å². The molecule has 2 rings (SSSR count). The lowest BCUT2D eigenvalue weighted by molar-refractivity contribution is 0.498. The Balaban J connectivity index is 2.06. The molecular weight excluding hydrogens is 330 g/mol. The second kappa shape index (κ2) is 6.36. The predicted molar refractivity (Wildman–Crippen MR) is 76.7 cm³/mol. The number of rotatable bonds is 6. The van der Waals surface area contributed by atoms with E-state index in [-0.39, 0.29) is 11.4 Å². The van der Waals surface area contributed by atoms with E-state index in [4.69, 9.17) is 4.42 Å². The Hall–Kier alpha value is -1.11. The van der Waals surface area contributed by atoms with Crippen molar-refractivity contribution in [2.24, 2.45) is 0 Å². The van der Waals surface area contributed by atoms with Crippen LogP contribution < -0.4 is 4.72 Å². The Kier molecular flexibility index (Phi) is 4.79. The summed E-state index contributed by atoms with van der Waals surface area (Å²) in [5.41, 5.74) is 1.10. The molecule has 1 N–H and O–H groups in total. The zero-order valence-corrected chi connectivity index (χ0v) is 12.6. The van der Waals surface area contributed by atoms with Gasteiger partial charge in [-0.05, 0) is 36.2 Å². The van der Waals surface area contributed by atoms with Crippen LogP contribution >= 0.6 is 15.9 Å². The van der Waals surface area contributed by atoms with Gasteiger partial charge >= 0.3 is 0 Å². The summed E-state index contributed by atoms with van der Waals surface area (Å²) in [6.07, 6.45) is 2.39. The number of halogens is 1. The van der Waals surface area contributed by atoms with E-state index in [1.54, 1.807) is 24.3 Å². The van der Waals surface area contributed by atoms with Crippen LogP contribution in [0.5, 0.6) is 0 Å². The zero-order valence-electron chi connectivity index (χ0n) is 10.2. The highest BCUT2D eigenvalue weighted by Gasteiger charge is 2.13. The van der Waals surface area contributed by atoms with Crippen LogP contribution in [0, 0.1) is 0 Å². The molecule has 0 aliphatic heterocycles. The van der Waals surface area contributed by atoms with Crippen LogP contribution in [-0.4, -0.2) is 13.7 Å². The van der Waals surface area contributed by atoms with Crippen molar-refractivity contribution >= 4 is 26.0 Å². The molecule has 0 saturated heterocycles. The molecule has 0 amide bonds. The van der Waals surface area contributed by atoms with Gasteiger partial charge in [0.05, 0.1) is 17.7 Å². The Labute approximate surface area is 121 Å². The van der Waals surface area contributed by atoms with Gasteiger partial charge in [0, 0.05) is 5.33 Å². The van der Waals surface area contributed by atoms with Crippen molar-refractivity contribution in [2.45, 2.75) is 17.9 Å². The van der Waals surface area contributed by atoms with Crippen molar-refractivity contribution in [3.05, 3.63) is 54.0 Å². The van der Waals surface area contributed by atoms with Gasteiger partial charge in [-0.25, -0.2) is 13.1 Å². The van der Waals surface area contributed by atoms with E-state index < -0.39 is 10.0 Å². The number of aryl methyl sites for hydroxylation is 1. The van der Waals surface area contributed by atoms with Crippen LogP contribution in [0.15, 0.2) is 52.0 Å². The highest BCUT2D eigenvalue weighted by atomic mass is 79.9. The smallest absolute Gasteiger partial charge is 0.240 e. The van der Waals surface area contributed by atoms with Gasteiger partial charge in [-0.1, -0.05) is 28.1 Å². The molecule has 0 unspecified atom stereocenters. The van der Waals surface area contributed by atoms with Crippen molar-refractivity contribution < 1.29 is 12.8 Å². The van der Waals surface area contributed by atoms with Crippen LogP contribution in [0.1, 0.15) is 11.3 Å². The van der Waals surface area contributed by atoms with E-state index in [0.717, 1.165) is 17.3 Å². The summed E-state index contributed by atoms with van der Waals surface area (Å²) in [5.74, 6) is 0.583. The Morgan fingerprint density at radius 2 is 1.89 bits per heavy atom. The number of hydrogen-bond donors (Lipinski definition) is 1. The standard InChI is InChI=1S/C13H14BrNO3S/c14-8-7-11-3-5-13(6-4-11)19(16,17)15-10-12-2-1-9-18-12/h1-6,9,15H,7-8,10H2. The zero-order chi connectivity index (χ0) is 13.7. The normalized spacial score (nSPS) is 11.6. The molecule has 0 bridgehead atoms. The summed E-state index contributed by atoms with van der Waals surface area (Å²) in [6.45, 7) is 0.151. The number of sulfonamides is 1. The Morgan fingerprint density at radius 3 is 2.47 bits per heavy atom. The second-order valence-electron chi connectivity index (χ2n) is 3.99. The first-order valence-electron chi connectivity index (χ1n) is 5.79. The molecule has 2 aromatic rings. The highest BCUT2D eigenvalue weighted by Crippen LogP contribution is 2.12. The molecule has 0 fully saturated rings. The van der Waals surface area contributed by atoms with E-state index in [9.17, 15) is 8.42 Å². The monoisotopic (exact) mass is 343 g/mol. The van der Waals surface area contributed by atoms with E-state index in [2.05, 4.69) is 20.7 Å². The molecule has 1 aromatic carbocycles. The summed E-state index contributed by atoms with van der Waals surface area (Å²) in [4.78, 5) is 0.261. The van der Waals surface area contributed by atoms with E-state index in [1.807, 2.05) is 12.1 Å². The van der Waals surface area contributed by atoms with Gasteiger partial charge in [-0.2, -0.15) is 0 Å². The first-order valence-corrected chi connectivity index (χ1v) is 8.39. The van der Waals surface area contributed by atoms with Gasteiger partial charge in [0.15, 0.2) is 0 Å². The van der Waals surface area contributed by atoms with Crippen molar-refractivity contribution in [2.75, 3.05) is 5.33 Å². The van der Waals surface area contributed by atoms with Crippen LogP contribution in [0.25, 0.3) is 0 Å². The van der Waals surface area contributed by atoms with Gasteiger partial charge in [-0.15, -0.1) is 0 Å². The molecule has 6 heteroatoms. The fourth-order valence-electron chi connectivity index (χ4n) is 1.61. The lowest BCUT2D eigenvalue weighted by Gasteiger charge is -2.06. The molecule has 0 saturated carbocycles. The molecule has 0 aliphatic carbocycles. The quantitative estimate of drug-likeness (QED) is 0.820. The van der Waals surface area contributed by atoms with Crippen molar-refractivity contribution in [3.8, 4) is 0 Å². The highest BCUT2D eigenvalue weighted by molar-refractivity contribution is 9.09. The molecule has 0 atom stereocenters. The van der Waals surface area contributed by atoms with E-state index in [1.165, 1.54) is 6.26 Å². The minimum absolute atomic E-state index is 0.151. The van der Waals surface area contributed by atoms with Crippen LogP contribution in [-0.2, 0) is 23.0 Å². The molecule has 0 radical (unpaired) electrons. The molecule has 0 aliphatic rings.